The molecule has 0 aromatic heterocycles. The van der Waals surface area contributed by atoms with Gasteiger partial charge in [0.25, 0.3) is 0 Å². The van der Waals surface area contributed by atoms with E-state index in [0.717, 1.165) is 18.8 Å². The molecule has 2 atom stereocenters. The van der Waals surface area contributed by atoms with Crippen molar-refractivity contribution in [1.29, 1.82) is 5.26 Å². The first-order valence-corrected chi connectivity index (χ1v) is 7.16. The highest BCUT2D eigenvalue weighted by Gasteiger charge is 2.33. The van der Waals surface area contributed by atoms with Gasteiger partial charge < -0.3 is 4.74 Å². The van der Waals surface area contributed by atoms with E-state index in [2.05, 4.69) is 28.1 Å². The number of fused-ring (bicyclic) bond motifs is 3. The van der Waals surface area contributed by atoms with Crippen LogP contribution in [-0.4, -0.2) is 6.61 Å². The predicted octanol–water partition coefficient (Wildman–Crippen LogP) is 3.98. The van der Waals surface area contributed by atoms with Crippen LogP contribution < -0.4 is 4.74 Å². The average Bonchev–Trinajstić information content (AvgIpc) is 2.62. The summed E-state index contributed by atoms with van der Waals surface area (Å²) in [5.41, 5.74) is 1.87. The summed E-state index contributed by atoms with van der Waals surface area (Å²) in [5.74, 6) is 1.41. The highest BCUT2D eigenvalue weighted by Crippen LogP contribution is 2.54. The van der Waals surface area contributed by atoms with Crippen molar-refractivity contribution in [2.75, 3.05) is 6.61 Å². The van der Waals surface area contributed by atoms with E-state index in [1.165, 1.54) is 9.38 Å². The molecule has 4 heteroatoms. The molecule has 2 aliphatic rings. The third kappa shape index (κ3) is 1.98. The fraction of sp³-hybridized carbons (Fsp3) is 0.308. The van der Waals surface area contributed by atoms with E-state index in [1.54, 1.807) is 0 Å². The Bertz CT molecular complexity index is 535. The molecule has 86 valence electrons. The monoisotopic (exact) mass is 307 g/mol. The number of benzene rings is 1. The number of nitriles is 1. The quantitative estimate of drug-likeness (QED) is 0.727. The van der Waals surface area contributed by atoms with Gasteiger partial charge in [0.2, 0.25) is 0 Å². The zero-order valence-corrected chi connectivity index (χ0v) is 11.4. The lowest BCUT2D eigenvalue weighted by Crippen LogP contribution is -2.03. The number of allylic oxidation sites excluding steroid dienone is 1. The van der Waals surface area contributed by atoms with Gasteiger partial charge in [0, 0.05) is 14.6 Å². The standard InChI is InChI=1S/C13H10BrNOS/c14-12-6-9-3-4-16-11-5-8(7-15)1-2-10(11)13(9)17-12/h1-2,5-6,9,13H,3-4H2. The summed E-state index contributed by atoms with van der Waals surface area (Å²) in [5, 5.41) is 9.34. The Morgan fingerprint density at radius 3 is 3.18 bits per heavy atom. The van der Waals surface area contributed by atoms with Crippen molar-refractivity contribution in [2.45, 2.75) is 11.7 Å². The summed E-state index contributed by atoms with van der Waals surface area (Å²) in [6, 6.07) is 7.91. The summed E-state index contributed by atoms with van der Waals surface area (Å²) in [4.78, 5) is 0. The Hall–Kier alpha value is -0.920. The highest BCUT2D eigenvalue weighted by molar-refractivity contribution is 9.14. The molecule has 0 saturated heterocycles. The Balaban J connectivity index is 2.04. The summed E-state index contributed by atoms with van der Waals surface area (Å²) in [6.45, 7) is 0.723. The molecule has 2 nitrogen and oxygen atoms in total. The zero-order chi connectivity index (χ0) is 11.8. The molecule has 0 radical (unpaired) electrons. The second kappa shape index (κ2) is 4.40. The van der Waals surface area contributed by atoms with Crippen LogP contribution in [0.25, 0.3) is 0 Å². The molecule has 0 aliphatic carbocycles. The van der Waals surface area contributed by atoms with Gasteiger partial charge in [-0.05, 0) is 40.4 Å². The van der Waals surface area contributed by atoms with Crippen molar-refractivity contribution >= 4 is 27.7 Å². The molecule has 1 aromatic rings. The lowest BCUT2D eigenvalue weighted by Gasteiger charge is -2.15. The van der Waals surface area contributed by atoms with Crippen LogP contribution in [-0.2, 0) is 0 Å². The van der Waals surface area contributed by atoms with Gasteiger partial charge in [0.1, 0.15) is 5.75 Å². The first kappa shape index (κ1) is 11.2. The lowest BCUT2D eigenvalue weighted by atomic mass is 9.96. The number of halogens is 1. The normalized spacial score (nSPS) is 26.0. The minimum atomic E-state index is 0.426. The average molecular weight is 308 g/mol. The van der Waals surface area contributed by atoms with Gasteiger partial charge in [0.15, 0.2) is 0 Å². The van der Waals surface area contributed by atoms with Gasteiger partial charge in [-0.3, -0.25) is 0 Å². The van der Waals surface area contributed by atoms with Gasteiger partial charge in [-0.25, -0.2) is 0 Å². The maximum Gasteiger partial charge on any atom is 0.124 e. The smallest absolute Gasteiger partial charge is 0.124 e. The zero-order valence-electron chi connectivity index (χ0n) is 9.02. The van der Waals surface area contributed by atoms with Crippen LogP contribution in [0.4, 0.5) is 0 Å². The van der Waals surface area contributed by atoms with Gasteiger partial charge in [-0.1, -0.05) is 12.1 Å². The number of hydrogen-bond acceptors (Lipinski definition) is 3. The Morgan fingerprint density at radius 2 is 2.35 bits per heavy atom. The molecular formula is C13H10BrNOS. The molecule has 2 heterocycles. The van der Waals surface area contributed by atoms with E-state index >= 15 is 0 Å². The number of hydrogen-bond donors (Lipinski definition) is 0. The minimum absolute atomic E-state index is 0.426. The summed E-state index contributed by atoms with van der Waals surface area (Å²) in [7, 11) is 0. The van der Waals surface area contributed by atoms with Crippen molar-refractivity contribution in [3.05, 3.63) is 39.2 Å². The molecule has 0 N–H and O–H groups in total. The number of nitrogens with zero attached hydrogens (tertiary/aromatic N) is 1. The lowest BCUT2D eigenvalue weighted by molar-refractivity contribution is 0.306. The second-order valence-corrected chi connectivity index (χ2v) is 6.74. The first-order chi connectivity index (χ1) is 8.28. The van der Waals surface area contributed by atoms with E-state index in [9.17, 15) is 0 Å². The molecule has 0 bridgehead atoms. The van der Waals surface area contributed by atoms with E-state index in [1.807, 2.05) is 30.0 Å². The molecule has 1 aromatic carbocycles. The molecule has 0 amide bonds. The van der Waals surface area contributed by atoms with Crippen molar-refractivity contribution in [3.63, 3.8) is 0 Å². The second-order valence-electron chi connectivity index (χ2n) is 4.17. The Morgan fingerprint density at radius 1 is 1.47 bits per heavy atom. The van der Waals surface area contributed by atoms with Crippen molar-refractivity contribution < 1.29 is 4.74 Å². The molecule has 0 fully saturated rings. The third-order valence-corrected chi connectivity index (χ3v) is 5.18. The summed E-state index contributed by atoms with van der Waals surface area (Å²) >= 11 is 5.40. The molecule has 0 spiro atoms. The van der Waals surface area contributed by atoms with Crippen LogP contribution in [0.15, 0.2) is 28.1 Å². The van der Waals surface area contributed by atoms with Gasteiger partial charge in [0.05, 0.1) is 18.2 Å². The SMILES string of the molecule is N#Cc1ccc2c(c1)OCCC1C=C(Br)SC21. The van der Waals surface area contributed by atoms with E-state index in [0.29, 0.717) is 16.7 Å². The van der Waals surface area contributed by atoms with Crippen LogP contribution in [0.5, 0.6) is 5.75 Å². The van der Waals surface area contributed by atoms with Gasteiger partial charge in [-0.15, -0.1) is 11.8 Å². The van der Waals surface area contributed by atoms with Crippen molar-refractivity contribution in [3.8, 4) is 11.8 Å². The summed E-state index contributed by atoms with van der Waals surface area (Å²) < 4.78 is 6.97. The maximum atomic E-state index is 8.91. The number of thioether (sulfide) groups is 1. The van der Waals surface area contributed by atoms with Crippen molar-refractivity contribution in [2.24, 2.45) is 5.92 Å². The highest BCUT2D eigenvalue weighted by atomic mass is 79.9. The van der Waals surface area contributed by atoms with Crippen LogP contribution >= 0.6 is 27.7 Å². The predicted molar refractivity (Wildman–Crippen MR) is 72.1 cm³/mol. The van der Waals surface area contributed by atoms with Crippen LogP contribution in [0, 0.1) is 17.2 Å². The van der Waals surface area contributed by atoms with Crippen molar-refractivity contribution in [1.82, 2.24) is 0 Å². The van der Waals surface area contributed by atoms with Gasteiger partial charge >= 0.3 is 0 Å². The number of rotatable bonds is 0. The molecule has 3 rings (SSSR count). The fourth-order valence-corrected chi connectivity index (χ4v) is 4.45. The minimum Gasteiger partial charge on any atom is -0.493 e. The number of ether oxygens (including phenoxy) is 1. The van der Waals surface area contributed by atoms with Gasteiger partial charge in [-0.2, -0.15) is 5.26 Å². The largest absolute Gasteiger partial charge is 0.493 e. The van der Waals surface area contributed by atoms with Crippen LogP contribution in [0.1, 0.15) is 22.8 Å². The molecule has 0 saturated carbocycles. The van der Waals surface area contributed by atoms with Crippen LogP contribution in [0.3, 0.4) is 0 Å². The maximum absolute atomic E-state index is 8.91. The molecule has 17 heavy (non-hydrogen) atoms. The third-order valence-electron chi connectivity index (χ3n) is 3.13. The van der Waals surface area contributed by atoms with E-state index in [4.69, 9.17) is 10.00 Å². The Labute approximate surface area is 113 Å². The fourth-order valence-electron chi connectivity index (χ4n) is 2.30. The topological polar surface area (TPSA) is 33.0 Å². The first-order valence-electron chi connectivity index (χ1n) is 5.49. The molecule has 2 unspecified atom stereocenters. The van der Waals surface area contributed by atoms with Crippen LogP contribution in [0.2, 0.25) is 0 Å². The summed E-state index contributed by atoms with van der Waals surface area (Å²) in [6.07, 6.45) is 3.30. The molecule has 2 aliphatic heterocycles. The Kier molecular flexibility index (Phi) is 2.89. The van der Waals surface area contributed by atoms with E-state index in [-0.39, 0.29) is 0 Å². The molecular weight excluding hydrogens is 298 g/mol. The van der Waals surface area contributed by atoms with E-state index < -0.39 is 0 Å².